The van der Waals surface area contributed by atoms with Gasteiger partial charge in [0.2, 0.25) is 11.8 Å². The van der Waals surface area contributed by atoms with E-state index in [-0.39, 0.29) is 23.1 Å². The Morgan fingerprint density at radius 3 is 2.47 bits per heavy atom. The molecular formula is C39H33N5O3S4. The molecule has 0 saturated carbocycles. The SMILES string of the molecule is O=C(CSc1nc2sc3c(c2c(=O)n1-c1ccccc1)CCCC3)Nc1ccc2nc(SCC(=O)n3c4c(c5ccccc53)CCCC4)sc2c1. The minimum Gasteiger partial charge on any atom is -0.325 e. The first-order valence-electron chi connectivity index (χ1n) is 17.2. The fourth-order valence-electron chi connectivity index (χ4n) is 7.43. The van der Waals surface area contributed by atoms with E-state index in [9.17, 15) is 14.4 Å². The Labute approximate surface area is 310 Å². The van der Waals surface area contributed by atoms with Gasteiger partial charge in [-0.15, -0.1) is 22.7 Å². The first kappa shape index (κ1) is 32.7. The molecule has 12 heteroatoms. The van der Waals surface area contributed by atoms with Gasteiger partial charge in [-0.05, 0) is 98.9 Å². The van der Waals surface area contributed by atoms with E-state index in [0.29, 0.717) is 16.6 Å². The number of thiazole rings is 1. The normalized spacial score (nSPS) is 14.2. The molecule has 0 saturated heterocycles. The quantitative estimate of drug-likeness (QED) is 0.122. The number of benzene rings is 3. The van der Waals surface area contributed by atoms with Crippen LogP contribution in [0.25, 0.3) is 37.0 Å². The molecule has 4 aromatic heterocycles. The van der Waals surface area contributed by atoms with Crippen LogP contribution in [0, 0.1) is 0 Å². The molecule has 2 aliphatic carbocycles. The van der Waals surface area contributed by atoms with E-state index in [4.69, 9.17) is 9.97 Å². The maximum Gasteiger partial charge on any atom is 0.267 e. The first-order chi connectivity index (χ1) is 25.0. The summed E-state index contributed by atoms with van der Waals surface area (Å²) in [5.41, 5.74) is 6.81. The van der Waals surface area contributed by atoms with Gasteiger partial charge in [0, 0.05) is 21.6 Å². The lowest BCUT2D eigenvalue weighted by Crippen LogP contribution is -2.23. The van der Waals surface area contributed by atoms with Crippen LogP contribution in [0.3, 0.4) is 0 Å². The molecular weight excluding hydrogens is 715 g/mol. The van der Waals surface area contributed by atoms with Crippen molar-refractivity contribution in [1.82, 2.24) is 19.1 Å². The van der Waals surface area contributed by atoms with Crippen LogP contribution in [0.15, 0.2) is 87.1 Å². The largest absolute Gasteiger partial charge is 0.325 e. The molecule has 9 rings (SSSR count). The molecule has 0 unspecified atom stereocenters. The predicted molar refractivity (Wildman–Crippen MR) is 211 cm³/mol. The van der Waals surface area contributed by atoms with Gasteiger partial charge in [-0.25, -0.2) is 9.97 Å². The monoisotopic (exact) mass is 747 g/mol. The average molecular weight is 748 g/mol. The molecule has 0 aliphatic heterocycles. The molecule has 2 aliphatic rings. The number of nitrogens with one attached hydrogen (secondary N) is 1. The second kappa shape index (κ2) is 13.7. The number of para-hydroxylation sites is 2. The van der Waals surface area contributed by atoms with E-state index in [1.54, 1.807) is 15.9 Å². The highest BCUT2D eigenvalue weighted by Gasteiger charge is 2.25. The highest BCUT2D eigenvalue weighted by molar-refractivity contribution is 8.01. The number of rotatable bonds is 8. The van der Waals surface area contributed by atoms with Crippen molar-refractivity contribution in [3.63, 3.8) is 0 Å². The molecule has 0 spiro atoms. The smallest absolute Gasteiger partial charge is 0.267 e. The zero-order chi connectivity index (χ0) is 34.5. The molecule has 4 heterocycles. The van der Waals surface area contributed by atoms with E-state index in [1.807, 2.05) is 59.2 Å². The third-order valence-electron chi connectivity index (χ3n) is 9.70. The molecule has 1 N–H and O–H groups in total. The van der Waals surface area contributed by atoms with Crippen molar-refractivity contribution in [3.05, 3.63) is 105 Å². The lowest BCUT2D eigenvalue weighted by atomic mass is 9.96. The summed E-state index contributed by atoms with van der Waals surface area (Å²) < 4.78 is 5.35. The van der Waals surface area contributed by atoms with Crippen molar-refractivity contribution < 1.29 is 9.59 Å². The Balaban J connectivity index is 0.903. The van der Waals surface area contributed by atoms with Crippen LogP contribution in [0.5, 0.6) is 0 Å². The fraction of sp³-hybridized carbons (Fsp3) is 0.256. The standard InChI is InChI=1S/C39H33N5O3S4/c45-33(21-48-38-42-36-35(27-14-6-9-17-31(27)50-36)37(47)43(38)24-10-2-1-3-11-24)40-23-18-19-28-32(20-23)51-39(41-28)49-22-34(46)44-29-15-7-4-12-25(29)26-13-5-8-16-30(26)44/h1-4,7,10-12,15,18-20H,5-6,8-9,13-14,16-17,21-22H2,(H,40,45). The van der Waals surface area contributed by atoms with Crippen LogP contribution in [-0.2, 0) is 30.5 Å². The molecule has 0 fully saturated rings. The van der Waals surface area contributed by atoms with Gasteiger partial charge in [-0.2, -0.15) is 0 Å². The molecule has 51 heavy (non-hydrogen) atoms. The van der Waals surface area contributed by atoms with Crippen molar-refractivity contribution in [2.75, 3.05) is 16.8 Å². The molecule has 1 amide bonds. The highest BCUT2D eigenvalue weighted by Crippen LogP contribution is 2.37. The Hall–Kier alpha value is -4.23. The van der Waals surface area contributed by atoms with E-state index < -0.39 is 0 Å². The van der Waals surface area contributed by atoms with E-state index >= 15 is 0 Å². The van der Waals surface area contributed by atoms with Crippen LogP contribution >= 0.6 is 46.2 Å². The summed E-state index contributed by atoms with van der Waals surface area (Å²) in [5.74, 6) is 0.283. The maximum atomic E-state index is 14.0. The lowest BCUT2D eigenvalue weighted by Gasteiger charge is -2.14. The first-order valence-corrected chi connectivity index (χ1v) is 20.9. The number of hydrogen-bond donors (Lipinski definition) is 1. The van der Waals surface area contributed by atoms with Gasteiger partial charge in [0.05, 0.1) is 38.3 Å². The summed E-state index contributed by atoms with van der Waals surface area (Å²) >= 11 is 5.87. The number of thiophene rings is 1. The van der Waals surface area contributed by atoms with Crippen LogP contribution < -0.4 is 10.9 Å². The van der Waals surface area contributed by atoms with Gasteiger partial charge in [0.1, 0.15) is 4.83 Å². The second-order valence-corrected chi connectivity index (χ2v) is 17.2. The summed E-state index contributed by atoms with van der Waals surface area (Å²) in [7, 11) is 0. The third kappa shape index (κ3) is 6.11. The summed E-state index contributed by atoms with van der Waals surface area (Å²) in [6.45, 7) is 0. The van der Waals surface area contributed by atoms with Crippen LogP contribution in [-0.4, -0.2) is 42.4 Å². The van der Waals surface area contributed by atoms with Gasteiger partial charge >= 0.3 is 0 Å². The Kier molecular flexibility index (Phi) is 8.79. The summed E-state index contributed by atoms with van der Waals surface area (Å²) in [4.78, 5) is 52.6. The van der Waals surface area contributed by atoms with Gasteiger partial charge in [0.25, 0.3) is 5.56 Å². The highest BCUT2D eigenvalue weighted by atomic mass is 32.2. The number of carbonyl (C=O) groups is 2. The number of thioether (sulfide) groups is 2. The number of aromatic nitrogens is 4. The van der Waals surface area contributed by atoms with Gasteiger partial charge in [0.15, 0.2) is 9.50 Å². The number of hydrogen-bond acceptors (Lipinski definition) is 9. The lowest BCUT2D eigenvalue weighted by molar-refractivity contribution is -0.113. The minimum atomic E-state index is -0.189. The van der Waals surface area contributed by atoms with E-state index in [1.165, 1.54) is 56.4 Å². The zero-order valence-electron chi connectivity index (χ0n) is 27.6. The molecule has 8 nitrogen and oxygen atoms in total. The van der Waals surface area contributed by atoms with Gasteiger partial charge < -0.3 is 5.32 Å². The van der Waals surface area contributed by atoms with E-state index in [2.05, 4.69) is 23.5 Å². The zero-order valence-corrected chi connectivity index (χ0v) is 30.9. The number of amides is 1. The Morgan fingerprint density at radius 2 is 1.59 bits per heavy atom. The van der Waals surface area contributed by atoms with Crippen LogP contribution in [0.1, 0.15) is 52.2 Å². The number of aryl methyl sites for hydroxylation is 3. The van der Waals surface area contributed by atoms with Crippen LogP contribution in [0.2, 0.25) is 0 Å². The summed E-state index contributed by atoms with van der Waals surface area (Å²) in [5, 5.41) is 5.45. The minimum absolute atomic E-state index is 0.0689. The average Bonchev–Trinajstić information content (AvgIpc) is 3.84. The van der Waals surface area contributed by atoms with Crippen LogP contribution in [0.4, 0.5) is 5.69 Å². The Bertz CT molecular complexity index is 2550. The molecule has 0 bridgehead atoms. The van der Waals surface area contributed by atoms with Gasteiger partial charge in [-0.1, -0.05) is 59.9 Å². The molecule has 3 aromatic carbocycles. The number of carbonyl (C=O) groups excluding carboxylic acids is 2. The second-order valence-electron chi connectivity index (χ2n) is 12.9. The molecule has 0 radical (unpaired) electrons. The van der Waals surface area contributed by atoms with Crippen molar-refractivity contribution in [2.24, 2.45) is 0 Å². The topological polar surface area (TPSA) is 98.9 Å². The van der Waals surface area contributed by atoms with Crippen molar-refractivity contribution in [3.8, 4) is 5.69 Å². The molecule has 256 valence electrons. The Morgan fingerprint density at radius 1 is 0.804 bits per heavy atom. The number of anilines is 1. The third-order valence-corrected chi connectivity index (χ3v) is 14.0. The number of fused-ring (bicyclic) bond motifs is 7. The van der Waals surface area contributed by atoms with Crippen molar-refractivity contribution >= 4 is 95.0 Å². The van der Waals surface area contributed by atoms with E-state index in [0.717, 1.165) is 92.9 Å². The summed E-state index contributed by atoms with van der Waals surface area (Å²) in [6, 6.07) is 23.5. The fourth-order valence-corrected chi connectivity index (χ4v) is 11.5. The number of nitrogens with zero attached hydrogens (tertiary/aromatic N) is 4. The maximum absolute atomic E-state index is 14.0. The summed E-state index contributed by atoms with van der Waals surface area (Å²) in [6.07, 6.45) is 8.34. The molecule has 0 atom stereocenters. The predicted octanol–water partition coefficient (Wildman–Crippen LogP) is 8.93. The van der Waals surface area contributed by atoms with Gasteiger partial charge in [-0.3, -0.25) is 23.5 Å². The molecule has 7 aromatic rings. The van der Waals surface area contributed by atoms with Crippen molar-refractivity contribution in [1.29, 1.82) is 0 Å². The van der Waals surface area contributed by atoms with Crippen molar-refractivity contribution in [2.45, 2.75) is 60.9 Å².